The molecule has 1 aliphatic heterocycles. The Morgan fingerprint density at radius 3 is 2.45 bits per heavy atom. The lowest BCUT2D eigenvalue weighted by Gasteiger charge is -2.16. The molecule has 33 heavy (non-hydrogen) atoms. The molecule has 2 N–H and O–H groups in total. The fourth-order valence-electron chi connectivity index (χ4n) is 3.26. The van der Waals surface area contributed by atoms with Crippen LogP contribution in [-0.2, 0) is 27.3 Å². The molecular formula is C24H19Cl2N3O4. The molecule has 4 rings (SSSR count). The molecule has 0 bridgehead atoms. The fourth-order valence-corrected chi connectivity index (χ4v) is 3.65. The zero-order chi connectivity index (χ0) is 23.5. The molecule has 3 amide bonds. The van der Waals surface area contributed by atoms with E-state index in [-0.39, 0.29) is 23.1 Å². The van der Waals surface area contributed by atoms with E-state index in [1.54, 1.807) is 60.9 Å². The molecule has 0 fully saturated rings. The van der Waals surface area contributed by atoms with Crippen molar-refractivity contribution in [2.75, 3.05) is 10.2 Å². The van der Waals surface area contributed by atoms with Crippen LogP contribution in [0.4, 0.5) is 11.4 Å². The van der Waals surface area contributed by atoms with Gasteiger partial charge in [0.2, 0.25) is 5.91 Å². The number of rotatable bonds is 7. The number of carbonyl (C=O) groups is 3. The minimum Gasteiger partial charge on any atom is -0.467 e. The average Bonchev–Trinajstić information content (AvgIpc) is 3.39. The summed E-state index contributed by atoms with van der Waals surface area (Å²) >= 11 is 12.3. The van der Waals surface area contributed by atoms with E-state index in [1.807, 2.05) is 6.92 Å². The first kappa shape index (κ1) is 22.6. The Kier molecular flexibility index (Phi) is 6.53. The molecule has 2 heterocycles. The van der Waals surface area contributed by atoms with E-state index >= 15 is 0 Å². The Hall–Kier alpha value is -3.55. The highest BCUT2D eigenvalue weighted by atomic mass is 35.5. The summed E-state index contributed by atoms with van der Waals surface area (Å²) in [7, 11) is 0. The standard InChI is InChI=1S/C24H19Cl2N3O4/c1-14-4-9-17(12-19(14)25)29-23(31)21(26)22(24(29)32)28-16-7-5-15(6-8-16)11-20(30)27-13-18-3-2-10-33-18/h2-10,12,28H,11,13H2,1H3,(H,27,30). The zero-order valence-corrected chi connectivity index (χ0v) is 19.0. The normalized spacial score (nSPS) is 13.6. The molecule has 1 aliphatic rings. The summed E-state index contributed by atoms with van der Waals surface area (Å²) in [6.45, 7) is 2.14. The Labute approximate surface area is 200 Å². The minimum atomic E-state index is -0.631. The number of hydrogen-bond acceptors (Lipinski definition) is 5. The summed E-state index contributed by atoms with van der Waals surface area (Å²) in [6, 6.07) is 15.4. The van der Waals surface area contributed by atoms with Crippen molar-refractivity contribution in [2.24, 2.45) is 0 Å². The lowest BCUT2D eigenvalue weighted by atomic mass is 10.1. The summed E-state index contributed by atoms with van der Waals surface area (Å²) in [5, 5.41) is 5.92. The van der Waals surface area contributed by atoms with Gasteiger partial charge in [0.05, 0.1) is 24.9 Å². The quantitative estimate of drug-likeness (QED) is 0.481. The average molecular weight is 484 g/mol. The number of halogens is 2. The van der Waals surface area contributed by atoms with Gasteiger partial charge in [-0.1, -0.05) is 41.4 Å². The highest BCUT2D eigenvalue weighted by molar-refractivity contribution is 6.53. The van der Waals surface area contributed by atoms with Crippen molar-refractivity contribution < 1.29 is 18.8 Å². The third kappa shape index (κ3) is 4.94. The number of anilines is 2. The maximum Gasteiger partial charge on any atom is 0.283 e. The molecule has 1 aromatic heterocycles. The largest absolute Gasteiger partial charge is 0.467 e. The van der Waals surface area contributed by atoms with E-state index in [4.69, 9.17) is 27.6 Å². The predicted molar refractivity (Wildman–Crippen MR) is 126 cm³/mol. The van der Waals surface area contributed by atoms with E-state index in [1.165, 1.54) is 0 Å². The number of amides is 3. The summed E-state index contributed by atoms with van der Waals surface area (Å²) in [6.07, 6.45) is 1.73. The molecule has 168 valence electrons. The first-order valence-corrected chi connectivity index (χ1v) is 10.8. The Bertz CT molecular complexity index is 1250. The molecule has 0 spiro atoms. The molecule has 0 unspecified atom stereocenters. The van der Waals surface area contributed by atoms with Crippen LogP contribution in [-0.4, -0.2) is 17.7 Å². The van der Waals surface area contributed by atoms with Gasteiger partial charge in [0, 0.05) is 10.7 Å². The van der Waals surface area contributed by atoms with Crippen molar-refractivity contribution in [1.29, 1.82) is 0 Å². The van der Waals surface area contributed by atoms with E-state index in [0.717, 1.165) is 16.0 Å². The van der Waals surface area contributed by atoms with Gasteiger partial charge in [0.25, 0.3) is 11.8 Å². The minimum absolute atomic E-state index is 0.0256. The number of imide groups is 1. The van der Waals surface area contributed by atoms with Gasteiger partial charge < -0.3 is 15.1 Å². The number of nitrogens with one attached hydrogen (secondary N) is 2. The SMILES string of the molecule is Cc1ccc(N2C(=O)C(Cl)=C(Nc3ccc(CC(=O)NCc4ccco4)cc3)C2=O)cc1Cl. The molecule has 0 radical (unpaired) electrons. The van der Waals surface area contributed by atoms with Crippen molar-refractivity contribution in [2.45, 2.75) is 19.9 Å². The first-order chi connectivity index (χ1) is 15.8. The Morgan fingerprint density at radius 1 is 1.03 bits per heavy atom. The molecule has 7 nitrogen and oxygen atoms in total. The van der Waals surface area contributed by atoms with Gasteiger partial charge in [-0.15, -0.1) is 0 Å². The number of carbonyl (C=O) groups excluding carboxylic acids is 3. The molecule has 2 aromatic carbocycles. The van der Waals surface area contributed by atoms with Gasteiger partial charge in [-0.2, -0.15) is 0 Å². The topological polar surface area (TPSA) is 91.7 Å². The maximum absolute atomic E-state index is 12.9. The summed E-state index contributed by atoms with van der Waals surface area (Å²) in [5.74, 6) is -0.687. The summed E-state index contributed by atoms with van der Waals surface area (Å²) < 4.78 is 5.19. The van der Waals surface area contributed by atoms with Crippen molar-refractivity contribution in [3.8, 4) is 0 Å². The van der Waals surface area contributed by atoms with E-state index in [2.05, 4.69) is 10.6 Å². The van der Waals surface area contributed by atoms with Crippen molar-refractivity contribution in [3.63, 3.8) is 0 Å². The highest BCUT2D eigenvalue weighted by Crippen LogP contribution is 2.32. The third-order valence-electron chi connectivity index (χ3n) is 5.07. The van der Waals surface area contributed by atoms with Gasteiger partial charge in [0.15, 0.2) is 0 Å². The number of benzene rings is 2. The summed E-state index contributed by atoms with van der Waals surface area (Å²) in [4.78, 5) is 38.6. The Morgan fingerprint density at radius 2 is 1.79 bits per heavy atom. The van der Waals surface area contributed by atoms with Gasteiger partial charge in [-0.05, 0) is 54.4 Å². The first-order valence-electron chi connectivity index (χ1n) is 10.0. The van der Waals surface area contributed by atoms with Crippen LogP contribution in [0.2, 0.25) is 5.02 Å². The Balaban J connectivity index is 1.40. The number of aryl methyl sites for hydroxylation is 1. The summed E-state index contributed by atoms with van der Waals surface area (Å²) in [5.41, 5.74) is 2.47. The molecular weight excluding hydrogens is 465 g/mol. The van der Waals surface area contributed by atoms with Crippen molar-refractivity contribution >= 4 is 52.3 Å². The zero-order valence-electron chi connectivity index (χ0n) is 17.5. The van der Waals surface area contributed by atoms with Crippen LogP contribution < -0.4 is 15.5 Å². The van der Waals surface area contributed by atoms with Crippen LogP contribution in [0.15, 0.2) is 76.0 Å². The molecule has 0 saturated carbocycles. The number of nitrogens with zero attached hydrogens (tertiary/aromatic N) is 1. The van der Waals surface area contributed by atoms with Gasteiger partial charge >= 0.3 is 0 Å². The van der Waals surface area contributed by atoms with Crippen LogP contribution in [0.3, 0.4) is 0 Å². The fraction of sp³-hybridized carbons (Fsp3) is 0.125. The van der Waals surface area contributed by atoms with Crippen molar-refractivity contribution in [1.82, 2.24) is 5.32 Å². The van der Waals surface area contributed by atoms with E-state index in [0.29, 0.717) is 28.7 Å². The van der Waals surface area contributed by atoms with Gasteiger partial charge in [0.1, 0.15) is 16.5 Å². The van der Waals surface area contributed by atoms with Gasteiger partial charge in [-0.25, -0.2) is 4.90 Å². The highest BCUT2D eigenvalue weighted by Gasteiger charge is 2.39. The second-order valence-corrected chi connectivity index (χ2v) is 8.21. The predicted octanol–water partition coefficient (Wildman–Crippen LogP) is 4.54. The molecule has 9 heteroatoms. The lowest BCUT2D eigenvalue weighted by molar-refractivity contribution is -0.121. The van der Waals surface area contributed by atoms with Crippen LogP contribution in [0, 0.1) is 6.92 Å². The number of furan rings is 1. The molecule has 0 aliphatic carbocycles. The lowest BCUT2D eigenvalue weighted by Crippen LogP contribution is -2.32. The smallest absolute Gasteiger partial charge is 0.283 e. The van der Waals surface area contributed by atoms with Crippen molar-refractivity contribution in [3.05, 3.63) is 93.5 Å². The molecule has 0 atom stereocenters. The number of hydrogen-bond donors (Lipinski definition) is 2. The van der Waals surface area contributed by atoms with E-state index in [9.17, 15) is 14.4 Å². The van der Waals surface area contributed by atoms with E-state index < -0.39 is 11.8 Å². The molecule has 0 saturated heterocycles. The van der Waals surface area contributed by atoms with Crippen LogP contribution in [0.1, 0.15) is 16.9 Å². The second kappa shape index (κ2) is 9.52. The monoisotopic (exact) mass is 483 g/mol. The maximum atomic E-state index is 12.9. The van der Waals surface area contributed by atoms with Crippen LogP contribution >= 0.6 is 23.2 Å². The molecule has 3 aromatic rings. The third-order valence-corrected chi connectivity index (χ3v) is 5.83. The van der Waals surface area contributed by atoms with Crippen LogP contribution in [0.25, 0.3) is 0 Å². The van der Waals surface area contributed by atoms with Gasteiger partial charge in [-0.3, -0.25) is 14.4 Å². The van der Waals surface area contributed by atoms with Crippen LogP contribution in [0.5, 0.6) is 0 Å². The second-order valence-electron chi connectivity index (χ2n) is 7.42.